The lowest BCUT2D eigenvalue weighted by atomic mass is 10.1. The van der Waals surface area contributed by atoms with E-state index in [0.717, 1.165) is 59.4 Å². The Balaban J connectivity index is 1.23. The zero-order chi connectivity index (χ0) is 30.6. The maximum Gasteiger partial charge on any atom is 0.225 e. The van der Waals surface area contributed by atoms with E-state index in [1.165, 1.54) is 0 Å². The average Bonchev–Trinajstić information content (AvgIpc) is 3.86. The second kappa shape index (κ2) is 13.2. The Morgan fingerprint density at radius 1 is 0.689 bits per heavy atom. The van der Waals surface area contributed by atoms with Crippen LogP contribution in [0.3, 0.4) is 0 Å². The molecule has 2 amide bonds. The van der Waals surface area contributed by atoms with Crippen molar-refractivity contribution in [3.63, 3.8) is 0 Å². The van der Waals surface area contributed by atoms with Crippen LogP contribution in [0.4, 0.5) is 11.4 Å². The van der Waals surface area contributed by atoms with Gasteiger partial charge in [0.2, 0.25) is 11.8 Å². The van der Waals surface area contributed by atoms with Gasteiger partial charge in [0.1, 0.15) is 0 Å². The van der Waals surface area contributed by atoms with Gasteiger partial charge in [0.05, 0.1) is 48.8 Å². The van der Waals surface area contributed by atoms with Gasteiger partial charge in [-0.3, -0.25) is 19.4 Å². The number of carbonyl (C=O) groups is 2. The van der Waals surface area contributed by atoms with Crippen LogP contribution in [-0.4, -0.2) is 112 Å². The number of ether oxygens (including phenoxy) is 2. The van der Waals surface area contributed by atoms with Crippen LogP contribution < -0.4 is 10.6 Å². The summed E-state index contributed by atoms with van der Waals surface area (Å²) in [6, 6.07) is 11.5. The zero-order valence-corrected chi connectivity index (χ0v) is 25.1. The molecule has 0 unspecified atom stereocenters. The normalized spacial score (nSPS) is 16.4. The Morgan fingerprint density at radius 3 is 1.53 bits per heavy atom. The van der Waals surface area contributed by atoms with E-state index in [1.807, 2.05) is 48.8 Å². The molecule has 0 spiro atoms. The molecule has 3 N–H and O–H groups in total. The van der Waals surface area contributed by atoms with Gasteiger partial charge in [0.25, 0.3) is 0 Å². The van der Waals surface area contributed by atoms with E-state index in [9.17, 15) is 9.59 Å². The van der Waals surface area contributed by atoms with E-state index < -0.39 is 0 Å². The van der Waals surface area contributed by atoms with Crippen LogP contribution in [0.15, 0.2) is 61.2 Å². The fourth-order valence-corrected chi connectivity index (χ4v) is 6.01. The zero-order valence-electron chi connectivity index (χ0n) is 25.1. The van der Waals surface area contributed by atoms with Crippen molar-refractivity contribution < 1.29 is 19.1 Å². The topological polar surface area (TPSA) is 135 Å². The van der Waals surface area contributed by atoms with Gasteiger partial charge < -0.3 is 25.1 Å². The van der Waals surface area contributed by atoms with Crippen LogP contribution in [0.1, 0.15) is 12.8 Å². The molecule has 0 aliphatic carbocycles. The number of anilines is 2. The first-order chi connectivity index (χ1) is 22.1. The van der Waals surface area contributed by atoms with Crippen LogP contribution >= 0.6 is 0 Å². The van der Waals surface area contributed by atoms with Crippen molar-refractivity contribution in [3.8, 4) is 11.4 Å². The summed E-state index contributed by atoms with van der Waals surface area (Å²) in [6.07, 6.45) is 7.96. The summed E-state index contributed by atoms with van der Waals surface area (Å²) in [4.78, 5) is 34.3. The summed E-state index contributed by atoms with van der Waals surface area (Å²) in [6.45, 7) is 7.49. The summed E-state index contributed by atoms with van der Waals surface area (Å²) in [7, 11) is 0. The molecular formula is C32H37N9O4. The highest BCUT2D eigenvalue weighted by molar-refractivity contribution is 6.15. The molecule has 3 aromatic heterocycles. The number of aromatic amines is 1. The lowest BCUT2D eigenvalue weighted by Crippen LogP contribution is -2.38. The molecule has 0 radical (unpaired) electrons. The Kier molecular flexibility index (Phi) is 8.56. The Bertz CT molecular complexity index is 1640. The van der Waals surface area contributed by atoms with Gasteiger partial charge in [0.15, 0.2) is 0 Å². The van der Waals surface area contributed by atoms with Crippen LogP contribution in [0.25, 0.3) is 33.2 Å². The molecule has 2 aromatic carbocycles. The first-order valence-electron chi connectivity index (χ1n) is 15.4. The van der Waals surface area contributed by atoms with Crippen molar-refractivity contribution in [3.05, 3.63) is 61.2 Å². The number of fused-ring (bicyclic) bond motifs is 3. The molecule has 0 bridgehead atoms. The molecule has 7 rings (SSSR count). The third-order valence-electron chi connectivity index (χ3n) is 8.36. The number of hydrogen-bond donors (Lipinski definition) is 3. The van der Waals surface area contributed by atoms with Gasteiger partial charge >= 0.3 is 0 Å². The van der Waals surface area contributed by atoms with Gasteiger partial charge in [-0.25, -0.2) is 9.36 Å². The number of nitrogens with zero attached hydrogens (tertiary/aromatic N) is 6. The maximum absolute atomic E-state index is 13.1. The minimum atomic E-state index is -0.0578. The van der Waals surface area contributed by atoms with Gasteiger partial charge in [-0.05, 0) is 36.4 Å². The van der Waals surface area contributed by atoms with Crippen molar-refractivity contribution in [2.75, 3.05) is 76.3 Å². The number of rotatable bonds is 10. The minimum Gasteiger partial charge on any atom is -0.379 e. The van der Waals surface area contributed by atoms with Crippen molar-refractivity contribution in [2.45, 2.75) is 12.8 Å². The number of benzene rings is 2. The predicted octanol–water partition coefficient (Wildman–Crippen LogP) is 3.01. The molecule has 2 saturated heterocycles. The molecule has 234 valence electrons. The molecule has 2 aliphatic heterocycles. The molecule has 0 saturated carbocycles. The molecule has 5 aromatic rings. The van der Waals surface area contributed by atoms with E-state index in [0.29, 0.717) is 63.7 Å². The highest BCUT2D eigenvalue weighted by Gasteiger charge is 2.19. The summed E-state index contributed by atoms with van der Waals surface area (Å²) in [5, 5.41) is 17.0. The first-order valence-corrected chi connectivity index (χ1v) is 15.4. The highest BCUT2D eigenvalue weighted by atomic mass is 16.5. The quantitative estimate of drug-likeness (QED) is 0.220. The third-order valence-corrected chi connectivity index (χ3v) is 8.36. The smallest absolute Gasteiger partial charge is 0.225 e. The highest BCUT2D eigenvalue weighted by Crippen LogP contribution is 2.37. The fourth-order valence-electron chi connectivity index (χ4n) is 6.01. The lowest BCUT2D eigenvalue weighted by molar-refractivity contribution is -0.117. The lowest BCUT2D eigenvalue weighted by Gasteiger charge is -2.26. The number of H-pyrrole nitrogens is 1. The minimum absolute atomic E-state index is 0.0578. The molecule has 2 aliphatic rings. The fraction of sp³-hybridized carbons (Fsp3) is 0.375. The number of amides is 2. The average molecular weight is 612 g/mol. The van der Waals surface area contributed by atoms with Crippen molar-refractivity contribution in [1.29, 1.82) is 0 Å². The van der Waals surface area contributed by atoms with Crippen LogP contribution in [-0.2, 0) is 19.1 Å². The van der Waals surface area contributed by atoms with Gasteiger partial charge in [-0.1, -0.05) is 0 Å². The standard InChI is InChI=1S/C32H37N9O4/c42-29(3-9-38-11-15-44-16-12-38)35-23-19-25-26-20-24(36-30(43)4-10-39-13-17-45-18-14-39)22-28(41-8-2-6-34-41)32(26)37-31(25)27(21-23)40-7-1-5-33-40/h1-2,5-8,19-22,37H,3-4,9-18H2,(H,35,42)(H,36,43). The van der Waals surface area contributed by atoms with Crippen molar-refractivity contribution in [1.82, 2.24) is 34.3 Å². The van der Waals surface area contributed by atoms with Crippen molar-refractivity contribution >= 4 is 45.0 Å². The van der Waals surface area contributed by atoms with Crippen LogP contribution in [0, 0.1) is 0 Å². The van der Waals surface area contributed by atoms with E-state index in [1.54, 1.807) is 21.8 Å². The van der Waals surface area contributed by atoms with Crippen LogP contribution in [0.5, 0.6) is 0 Å². The first kappa shape index (κ1) is 29.2. The predicted molar refractivity (Wildman–Crippen MR) is 171 cm³/mol. The van der Waals surface area contributed by atoms with Gasteiger partial charge in [-0.2, -0.15) is 10.2 Å². The Morgan fingerprint density at radius 2 is 1.13 bits per heavy atom. The van der Waals surface area contributed by atoms with Gasteiger partial charge in [0, 0.05) is 99.0 Å². The van der Waals surface area contributed by atoms with E-state index in [-0.39, 0.29) is 11.8 Å². The monoisotopic (exact) mass is 611 g/mol. The largest absolute Gasteiger partial charge is 0.379 e. The number of hydrogen-bond acceptors (Lipinski definition) is 8. The number of morpholine rings is 2. The molecule has 45 heavy (non-hydrogen) atoms. The second-order valence-electron chi connectivity index (χ2n) is 11.4. The van der Waals surface area contributed by atoms with Crippen LogP contribution in [0.2, 0.25) is 0 Å². The maximum atomic E-state index is 13.1. The summed E-state index contributed by atoms with van der Waals surface area (Å²) in [5.74, 6) is -0.116. The molecule has 5 heterocycles. The van der Waals surface area contributed by atoms with E-state index in [2.05, 4.69) is 35.6 Å². The molecule has 13 nitrogen and oxygen atoms in total. The second-order valence-corrected chi connectivity index (χ2v) is 11.4. The summed E-state index contributed by atoms with van der Waals surface area (Å²) < 4.78 is 14.4. The number of nitrogens with one attached hydrogen (secondary N) is 3. The van der Waals surface area contributed by atoms with E-state index >= 15 is 0 Å². The third kappa shape index (κ3) is 6.61. The van der Waals surface area contributed by atoms with E-state index in [4.69, 9.17) is 9.47 Å². The summed E-state index contributed by atoms with van der Waals surface area (Å²) >= 11 is 0. The molecule has 0 atom stereocenters. The molecular weight excluding hydrogens is 574 g/mol. The number of aromatic nitrogens is 5. The Labute approximate surface area is 260 Å². The molecule has 2 fully saturated rings. The Hall–Kier alpha value is -4.56. The number of carbonyl (C=O) groups excluding carboxylic acids is 2. The van der Waals surface area contributed by atoms with Crippen molar-refractivity contribution in [2.24, 2.45) is 0 Å². The SMILES string of the molecule is O=C(CCN1CCOCC1)Nc1cc(-n2cccn2)c2[nH]c3c(-n4cccn4)cc(NC(=O)CCN4CCOCC4)cc3c2c1. The summed E-state index contributed by atoms with van der Waals surface area (Å²) in [5.41, 5.74) is 4.62. The molecule has 13 heteroatoms. The van der Waals surface area contributed by atoms with Gasteiger partial charge in [-0.15, -0.1) is 0 Å².